The maximum atomic E-state index is 5.52. The minimum atomic E-state index is 0.362. The number of nitrogens with two attached hydrogens (primary N) is 1. The smallest absolute Gasteiger partial charge is 0.213 e. The maximum absolute atomic E-state index is 5.52. The summed E-state index contributed by atoms with van der Waals surface area (Å²) in [5.74, 6) is 0.573. The van der Waals surface area contributed by atoms with Gasteiger partial charge in [0.1, 0.15) is 4.99 Å². The van der Waals surface area contributed by atoms with Crippen LogP contribution in [0.2, 0.25) is 0 Å². The second-order valence-corrected chi connectivity index (χ2v) is 4.19. The molecule has 88 valence electrons. The van der Waals surface area contributed by atoms with E-state index < -0.39 is 0 Å². The Kier molecular flexibility index (Phi) is 5.14. The lowest BCUT2D eigenvalue weighted by atomic mass is 10.3. The molecule has 0 saturated heterocycles. The van der Waals surface area contributed by atoms with Gasteiger partial charge in [0.2, 0.25) is 5.88 Å². The first-order valence-electron chi connectivity index (χ1n) is 5.13. The van der Waals surface area contributed by atoms with Crippen LogP contribution in [0.4, 0.5) is 0 Å². The Morgan fingerprint density at radius 3 is 2.94 bits per heavy atom. The van der Waals surface area contributed by atoms with Crippen LogP contribution in [-0.4, -0.2) is 42.1 Å². The summed E-state index contributed by atoms with van der Waals surface area (Å²) in [5, 5.41) is 0. The first-order valence-corrected chi connectivity index (χ1v) is 5.54. The maximum Gasteiger partial charge on any atom is 0.213 e. The highest BCUT2D eigenvalue weighted by Gasteiger charge is 2.00. The quantitative estimate of drug-likeness (QED) is 0.594. The van der Waals surface area contributed by atoms with E-state index in [1.165, 1.54) is 0 Å². The molecule has 1 aromatic heterocycles. The largest absolute Gasteiger partial charge is 0.478 e. The fourth-order valence-electron chi connectivity index (χ4n) is 1.20. The van der Waals surface area contributed by atoms with Crippen LogP contribution in [0.25, 0.3) is 0 Å². The minimum Gasteiger partial charge on any atom is -0.478 e. The molecular formula is C11H17N3OS. The summed E-state index contributed by atoms with van der Waals surface area (Å²) in [6.45, 7) is 1.64. The average Bonchev–Trinajstić information content (AvgIpc) is 2.24. The molecule has 5 heteroatoms. The van der Waals surface area contributed by atoms with Crippen molar-refractivity contribution in [3.63, 3.8) is 0 Å². The van der Waals surface area contributed by atoms with Crippen molar-refractivity contribution in [3.8, 4) is 5.88 Å². The second-order valence-electron chi connectivity index (χ2n) is 3.75. The van der Waals surface area contributed by atoms with Crippen molar-refractivity contribution in [2.45, 2.75) is 6.42 Å². The van der Waals surface area contributed by atoms with E-state index in [1.54, 1.807) is 18.3 Å². The summed E-state index contributed by atoms with van der Waals surface area (Å²) in [5.41, 5.74) is 6.30. The molecule has 0 radical (unpaired) electrons. The number of nitrogens with zero attached hydrogens (tertiary/aromatic N) is 2. The summed E-state index contributed by atoms with van der Waals surface area (Å²) in [7, 11) is 4.07. The average molecular weight is 239 g/mol. The third-order valence-corrected chi connectivity index (χ3v) is 2.25. The van der Waals surface area contributed by atoms with Crippen molar-refractivity contribution in [1.29, 1.82) is 0 Å². The van der Waals surface area contributed by atoms with Crippen molar-refractivity contribution in [3.05, 3.63) is 23.9 Å². The number of thiocarbonyl (C=S) groups is 1. The lowest BCUT2D eigenvalue weighted by Gasteiger charge is -2.10. The number of pyridine rings is 1. The number of hydrogen-bond donors (Lipinski definition) is 1. The van der Waals surface area contributed by atoms with E-state index in [9.17, 15) is 0 Å². The van der Waals surface area contributed by atoms with Crippen LogP contribution in [0.3, 0.4) is 0 Å². The molecule has 0 fully saturated rings. The Labute approximate surface area is 101 Å². The summed E-state index contributed by atoms with van der Waals surface area (Å²) < 4.78 is 5.49. The molecule has 0 aliphatic carbocycles. The highest BCUT2D eigenvalue weighted by Crippen LogP contribution is 2.09. The van der Waals surface area contributed by atoms with Gasteiger partial charge in [-0.1, -0.05) is 12.2 Å². The standard InChI is InChI=1S/C11H17N3OS/c1-14(2)6-3-7-15-10-8-9(11(12)16)4-5-13-10/h4-5,8H,3,6-7H2,1-2H3,(H2,12,16). The van der Waals surface area contributed by atoms with E-state index in [4.69, 9.17) is 22.7 Å². The van der Waals surface area contributed by atoms with Crippen molar-refractivity contribution >= 4 is 17.2 Å². The SMILES string of the molecule is CN(C)CCCOc1cc(C(N)=S)ccn1. The van der Waals surface area contributed by atoms with E-state index in [-0.39, 0.29) is 0 Å². The van der Waals surface area contributed by atoms with Gasteiger partial charge in [0, 0.05) is 24.4 Å². The molecular weight excluding hydrogens is 222 g/mol. The molecule has 1 aromatic rings. The van der Waals surface area contributed by atoms with Gasteiger partial charge in [-0.2, -0.15) is 0 Å². The summed E-state index contributed by atoms with van der Waals surface area (Å²) in [6, 6.07) is 3.53. The Hall–Kier alpha value is -1.20. The van der Waals surface area contributed by atoms with Gasteiger partial charge in [0.25, 0.3) is 0 Å². The van der Waals surface area contributed by atoms with Gasteiger partial charge in [-0.05, 0) is 26.6 Å². The molecule has 1 rings (SSSR count). The van der Waals surface area contributed by atoms with Crippen LogP contribution in [0, 0.1) is 0 Å². The zero-order valence-corrected chi connectivity index (χ0v) is 10.5. The Morgan fingerprint density at radius 1 is 1.56 bits per heavy atom. The molecule has 4 nitrogen and oxygen atoms in total. The molecule has 0 aromatic carbocycles. The normalized spacial score (nSPS) is 10.4. The molecule has 0 aliphatic rings. The van der Waals surface area contributed by atoms with Crippen LogP contribution >= 0.6 is 12.2 Å². The van der Waals surface area contributed by atoms with E-state index in [0.717, 1.165) is 18.5 Å². The zero-order chi connectivity index (χ0) is 12.0. The van der Waals surface area contributed by atoms with Gasteiger partial charge in [-0.3, -0.25) is 0 Å². The molecule has 0 aliphatic heterocycles. The van der Waals surface area contributed by atoms with E-state index >= 15 is 0 Å². The third kappa shape index (κ3) is 4.55. The van der Waals surface area contributed by atoms with Crippen molar-refractivity contribution in [1.82, 2.24) is 9.88 Å². The van der Waals surface area contributed by atoms with Gasteiger partial charge in [0.05, 0.1) is 6.61 Å². The number of aromatic nitrogens is 1. The lowest BCUT2D eigenvalue weighted by Crippen LogP contribution is -2.16. The van der Waals surface area contributed by atoms with Crippen molar-refractivity contribution in [2.75, 3.05) is 27.2 Å². The first kappa shape index (κ1) is 12.9. The zero-order valence-electron chi connectivity index (χ0n) is 9.64. The summed E-state index contributed by atoms with van der Waals surface area (Å²) in [4.78, 5) is 6.56. The highest BCUT2D eigenvalue weighted by atomic mass is 32.1. The van der Waals surface area contributed by atoms with Crippen LogP contribution in [0.5, 0.6) is 5.88 Å². The van der Waals surface area contributed by atoms with Crippen LogP contribution in [0.1, 0.15) is 12.0 Å². The molecule has 2 N–H and O–H groups in total. The van der Waals surface area contributed by atoms with Crippen LogP contribution in [-0.2, 0) is 0 Å². The predicted octanol–water partition coefficient (Wildman–Crippen LogP) is 1.05. The predicted molar refractivity (Wildman–Crippen MR) is 68.8 cm³/mol. The highest BCUT2D eigenvalue weighted by molar-refractivity contribution is 7.80. The van der Waals surface area contributed by atoms with E-state index in [0.29, 0.717) is 17.5 Å². The molecule has 0 spiro atoms. The molecule has 0 unspecified atom stereocenters. The third-order valence-electron chi connectivity index (χ3n) is 2.02. The lowest BCUT2D eigenvalue weighted by molar-refractivity contribution is 0.273. The number of hydrogen-bond acceptors (Lipinski definition) is 4. The molecule has 0 bridgehead atoms. The van der Waals surface area contributed by atoms with Gasteiger partial charge in [-0.15, -0.1) is 0 Å². The van der Waals surface area contributed by atoms with Gasteiger partial charge >= 0.3 is 0 Å². The fraction of sp³-hybridized carbons (Fsp3) is 0.455. The number of ether oxygens (including phenoxy) is 1. The fourth-order valence-corrected chi connectivity index (χ4v) is 1.33. The first-order chi connectivity index (χ1) is 7.59. The van der Waals surface area contributed by atoms with Crippen molar-refractivity contribution < 1.29 is 4.74 Å². The molecule has 0 amide bonds. The topological polar surface area (TPSA) is 51.4 Å². The van der Waals surface area contributed by atoms with E-state index in [1.807, 2.05) is 14.1 Å². The summed E-state index contributed by atoms with van der Waals surface area (Å²) >= 11 is 4.88. The Balaban J connectivity index is 2.42. The minimum absolute atomic E-state index is 0.362. The molecule has 0 atom stereocenters. The van der Waals surface area contributed by atoms with Crippen LogP contribution in [0.15, 0.2) is 18.3 Å². The van der Waals surface area contributed by atoms with Crippen molar-refractivity contribution in [2.24, 2.45) is 5.73 Å². The molecule has 0 saturated carbocycles. The van der Waals surface area contributed by atoms with Gasteiger partial charge < -0.3 is 15.4 Å². The van der Waals surface area contributed by atoms with Crippen LogP contribution < -0.4 is 10.5 Å². The second kappa shape index (κ2) is 6.40. The Bertz CT molecular complexity index is 355. The van der Waals surface area contributed by atoms with Gasteiger partial charge in [0.15, 0.2) is 0 Å². The Morgan fingerprint density at radius 2 is 2.31 bits per heavy atom. The monoisotopic (exact) mass is 239 g/mol. The van der Waals surface area contributed by atoms with E-state index in [2.05, 4.69) is 9.88 Å². The van der Waals surface area contributed by atoms with Gasteiger partial charge in [-0.25, -0.2) is 4.98 Å². The number of rotatable bonds is 6. The molecule has 1 heterocycles. The molecule has 16 heavy (non-hydrogen) atoms. The summed E-state index contributed by atoms with van der Waals surface area (Å²) in [6.07, 6.45) is 2.61.